The first-order chi connectivity index (χ1) is 8.27. The molecule has 82 valence electrons. The smallest absolute Gasteiger partial charge is 0.316 e. The molecule has 0 aliphatic carbocycles. The highest BCUT2D eigenvalue weighted by atomic mass is 27.1. The average Bonchev–Trinajstić information content (AvgIpc) is 2.40. The van der Waals surface area contributed by atoms with Gasteiger partial charge in [-0.2, -0.15) is 0 Å². The lowest BCUT2D eigenvalue weighted by Gasteiger charge is -2.19. The van der Waals surface area contributed by atoms with Gasteiger partial charge in [0, 0.05) is 18.3 Å². The maximum absolute atomic E-state index is 12.0. The number of pyridine rings is 1. The van der Waals surface area contributed by atoms with Gasteiger partial charge < -0.3 is 3.88 Å². The minimum Gasteiger partial charge on any atom is -0.443 e. The van der Waals surface area contributed by atoms with Crippen LogP contribution >= 0.6 is 0 Å². The number of benzene rings is 1. The molecule has 2 aromatic rings. The summed E-state index contributed by atoms with van der Waals surface area (Å²) in [5, 5.41) is 0. The van der Waals surface area contributed by atoms with Crippen LogP contribution < -0.4 is 0 Å². The molecule has 0 N–H and O–H groups in total. The van der Waals surface area contributed by atoms with E-state index in [0.717, 1.165) is 5.69 Å². The minimum absolute atomic E-state index is 0.0266. The summed E-state index contributed by atoms with van der Waals surface area (Å²) < 4.78 is 1.58. The molecule has 0 fully saturated rings. The molecule has 2 rings (SSSR count). The van der Waals surface area contributed by atoms with E-state index in [2.05, 4.69) is 21.5 Å². The summed E-state index contributed by atoms with van der Waals surface area (Å²) in [7, 11) is 0. The van der Waals surface area contributed by atoms with Gasteiger partial charge >= 0.3 is 16.5 Å². The fraction of sp³-hybridized carbons (Fsp3) is 0.0769. The number of carbonyl (C=O) groups is 1. The Hall–Kier alpha value is -1.63. The van der Waals surface area contributed by atoms with Crippen LogP contribution in [0.2, 0.25) is 0 Å². The van der Waals surface area contributed by atoms with Crippen LogP contribution in [0.25, 0.3) is 0 Å². The first kappa shape index (κ1) is 11.8. The predicted molar refractivity (Wildman–Crippen MR) is 66.3 cm³/mol. The largest absolute Gasteiger partial charge is 0.443 e. The molecule has 0 spiro atoms. The average molecular weight is 238 g/mol. The molecule has 2 radical (unpaired) electrons. The van der Waals surface area contributed by atoms with Crippen LogP contribution in [0.4, 0.5) is 0 Å². The molecule has 0 atom stereocenters. The predicted octanol–water partition coefficient (Wildman–Crippen LogP) is 1.81. The summed E-state index contributed by atoms with van der Waals surface area (Å²) in [5.41, 5.74) is 1.55. The van der Waals surface area contributed by atoms with Gasteiger partial charge in [0.1, 0.15) is 0 Å². The van der Waals surface area contributed by atoms with Crippen molar-refractivity contribution in [1.29, 1.82) is 0 Å². The molecular weight excluding hydrogens is 227 g/mol. The van der Waals surface area contributed by atoms with Gasteiger partial charge in [-0.05, 0) is 24.3 Å². The van der Waals surface area contributed by atoms with Gasteiger partial charge in [0.25, 0.3) is 0 Å². The zero-order valence-electron chi connectivity index (χ0n) is 9.28. The zero-order valence-corrected chi connectivity index (χ0v) is 10.4. The van der Waals surface area contributed by atoms with Crippen LogP contribution in [-0.2, 0) is 6.54 Å². The summed E-state index contributed by atoms with van der Waals surface area (Å²) >= 11 is 2.44. The molecule has 0 aliphatic rings. The van der Waals surface area contributed by atoms with Gasteiger partial charge in [0.2, 0.25) is 5.91 Å². The lowest BCUT2D eigenvalue weighted by Crippen LogP contribution is -2.28. The van der Waals surface area contributed by atoms with Crippen LogP contribution in [0.1, 0.15) is 16.1 Å². The molecule has 17 heavy (non-hydrogen) atoms. The lowest BCUT2D eigenvalue weighted by molar-refractivity contribution is 0.0855. The van der Waals surface area contributed by atoms with Gasteiger partial charge in [-0.3, -0.25) is 9.78 Å². The molecule has 1 aromatic heterocycles. The third-order valence-electron chi connectivity index (χ3n) is 2.34. The van der Waals surface area contributed by atoms with Crippen molar-refractivity contribution in [3.05, 3.63) is 66.0 Å². The monoisotopic (exact) mass is 238 g/mol. The van der Waals surface area contributed by atoms with Crippen molar-refractivity contribution < 1.29 is 4.79 Å². The minimum atomic E-state index is -0.0266. The molecule has 0 saturated carbocycles. The van der Waals surface area contributed by atoms with Crippen molar-refractivity contribution in [3.63, 3.8) is 0 Å². The Bertz CT molecular complexity index is 487. The quantitative estimate of drug-likeness (QED) is 0.764. The fourth-order valence-electron chi connectivity index (χ4n) is 1.48. The van der Waals surface area contributed by atoms with E-state index < -0.39 is 0 Å². The Balaban J connectivity index is 2.06. The van der Waals surface area contributed by atoms with Gasteiger partial charge in [-0.25, -0.2) is 0 Å². The van der Waals surface area contributed by atoms with E-state index in [0.29, 0.717) is 12.1 Å². The standard InChI is InChI=1S/C13H12N2O.Al/c16-13(11-6-2-1-3-7-11)15-10-12-8-4-5-9-14-12;/h1-9H,10H2,(H,15,16);/q;+1/p-1. The van der Waals surface area contributed by atoms with Crippen LogP contribution in [0.3, 0.4) is 0 Å². The van der Waals surface area contributed by atoms with E-state index in [1.165, 1.54) is 0 Å². The Labute approximate surface area is 109 Å². The Morgan fingerprint density at radius 1 is 1.12 bits per heavy atom. The molecule has 0 bridgehead atoms. The van der Waals surface area contributed by atoms with Crippen molar-refractivity contribution in [3.8, 4) is 0 Å². The molecule has 1 amide bonds. The highest BCUT2D eigenvalue weighted by Gasteiger charge is 2.09. The molecular formula is C13H11AlN2O. The fourth-order valence-corrected chi connectivity index (χ4v) is 1.82. The Morgan fingerprint density at radius 3 is 2.47 bits per heavy atom. The summed E-state index contributed by atoms with van der Waals surface area (Å²) in [6, 6.07) is 14.9. The van der Waals surface area contributed by atoms with Crippen molar-refractivity contribution in [2.75, 3.05) is 0 Å². The van der Waals surface area contributed by atoms with Crippen molar-refractivity contribution in [2.45, 2.75) is 6.54 Å². The van der Waals surface area contributed by atoms with Crippen LogP contribution in [-0.4, -0.2) is 31.3 Å². The van der Waals surface area contributed by atoms with Crippen LogP contribution in [0.15, 0.2) is 54.7 Å². The van der Waals surface area contributed by atoms with E-state index in [1.54, 1.807) is 22.2 Å². The number of hydrogen-bond acceptors (Lipinski definition) is 2. The third-order valence-corrected chi connectivity index (χ3v) is 2.76. The maximum atomic E-state index is 12.0. The van der Waals surface area contributed by atoms with E-state index >= 15 is 0 Å². The van der Waals surface area contributed by atoms with Crippen molar-refractivity contribution in [2.24, 2.45) is 0 Å². The molecule has 0 saturated heterocycles. The first-order valence-corrected chi connectivity index (χ1v) is 5.80. The summed E-state index contributed by atoms with van der Waals surface area (Å²) in [6.07, 6.45) is 1.72. The SMILES string of the molecule is O=C(c1ccccc1)[N]([Al])Cc1ccccn1. The molecule has 1 aromatic carbocycles. The number of amides is 1. The summed E-state index contributed by atoms with van der Waals surface area (Å²) in [5.74, 6) is -0.0266. The first-order valence-electron chi connectivity index (χ1n) is 5.29. The Kier molecular flexibility index (Phi) is 3.92. The van der Waals surface area contributed by atoms with Gasteiger partial charge in [0.05, 0.1) is 5.69 Å². The zero-order chi connectivity index (χ0) is 12.1. The maximum Gasteiger partial charge on any atom is 0.316 e. The number of aromatic nitrogens is 1. The number of nitrogens with zero attached hydrogens (tertiary/aromatic N) is 2. The second-order valence-corrected chi connectivity index (χ2v) is 4.24. The normalized spacial score (nSPS) is 9.88. The van der Waals surface area contributed by atoms with E-state index in [9.17, 15) is 4.79 Å². The molecule has 0 unspecified atom stereocenters. The second kappa shape index (κ2) is 5.63. The third kappa shape index (κ3) is 3.16. The van der Waals surface area contributed by atoms with Crippen LogP contribution in [0, 0.1) is 0 Å². The van der Waals surface area contributed by atoms with E-state index in [1.807, 2.05) is 36.4 Å². The van der Waals surface area contributed by atoms with Gasteiger partial charge in [-0.1, -0.05) is 24.3 Å². The number of hydrogen-bond donors (Lipinski definition) is 0. The lowest BCUT2D eigenvalue weighted by atomic mass is 10.2. The topological polar surface area (TPSA) is 33.2 Å². The van der Waals surface area contributed by atoms with Crippen molar-refractivity contribution in [1.82, 2.24) is 8.87 Å². The van der Waals surface area contributed by atoms with Gasteiger partial charge in [0.15, 0.2) is 0 Å². The number of carbonyl (C=O) groups excluding carboxylic acids is 1. The Morgan fingerprint density at radius 2 is 1.82 bits per heavy atom. The molecule has 1 heterocycles. The highest BCUT2D eigenvalue weighted by Crippen LogP contribution is 2.05. The number of rotatable bonds is 3. The van der Waals surface area contributed by atoms with Crippen LogP contribution in [0.5, 0.6) is 0 Å². The molecule has 4 heteroatoms. The molecule has 0 aliphatic heterocycles. The van der Waals surface area contributed by atoms with Gasteiger partial charge in [-0.15, -0.1) is 0 Å². The molecule has 3 nitrogen and oxygen atoms in total. The van der Waals surface area contributed by atoms with Crippen molar-refractivity contribution >= 4 is 22.4 Å². The summed E-state index contributed by atoms with van der Waals surface area (Å²) in [4.78, 5) is 16.2. The highest BCUT2D eigenvalue weighted by molar-refractivity contribution is 6.17. The van der Waals surface area contributed by atoms with E-state index in [-0.39, 0.29) is 5.91 Å². The second-order valence-electron chi connectivity index (χ2n) is 3.62. The van der Waals surface area contributed by atoms with E-state index in [4.69, 9.17) is 0 Å². The summed E-state index contributed by atoms with van der Waals surface area (Å²) in [6.45, 7) is 0.485.